The summed E-state index contributed by atoms with van der Waals surface area (Å²) in [5, 5.41) is 3.62. The molecule has 1 aliphatic heterocycles. The Kier molecular flexibility index (Phi) is 5.51. The molecule has 1 aromatic heterocycles. The van der Waals surface area contributed by atoms with Crippen molar-refractivity contribution in [3.63, 3.8) is 0 Å². The van der Waals surface area contributed by atoms with Crippen LogP contribution in [-0.4, -0.2) is 4.98 Å². The van der Waals surface area contributed by atoms with Gasteiger partial charge in [-0.25, -0.2) is 4.98 Å². The summed E-state index contributed by atoms with van der Waals surface area (Å²) in [5.41, 5.74) is 11.3. The number of allylic oxidation sites excluding steroid dienone is 3. The number of fused-ring (bicyclic) bond motifs is 2. The molecule has 1 N–H and O–H groups in total. The Labute approximate surface area is 205 Å². The van der Waals surface area contributed by atoms with Crippen LogP contribution in [0.4, 0.5) is 5.69 Å². The number of aromatic nitrogens is 1. The van der Waals surface area contributed by atoms with Crippen molar-refractivity contribution in [1.82, 2.24) is 4.98 Å². The fourth-order valence-corrected chi connectivity index (χ4v) is 4.61. The van der Waals surface area contributed by atoms with Crippen LogP contribution < -0.4 is 5.32 Å². The zero-order chi connectivity index (χ0) is 23.6. The van der Waals surface area contributed by atoms with Gasteiger partial charge in [-0.05, 0) is 64.1 Å². The Morgan fingerprint density at radius 2 is 1.51 bits per heavy atom. The van der Waals surface area contributed by atoms with Crippen molar-refractivity contribution < 1.29 is 4.42 Å². The zero-order valence-electron chi connectivity index (χ0n) is 19.7. The Hall–Kier alpha value is -4.37. The van der Waals surface area contributed by atoms with Crippen LogP contribution in [0, 0.1) is 0 Å². The standard InChI is InChI=1S/C32H26N2O/c1-2-22(17-28-19-27-14-13-25(20-29(27)33-28)23-9-5-3-6-10-23)18-32-34-30-21-26(15-16-31(30)35-32)24-11-7-4-8-12-24/h3-18,20-21,33H,2,19H2,1H3. The zero-order valence-corrected chi connectivity index (χ0v) is 19.7. The quantitative estimate of drug-likeness (QED) is 0.289. The minimum absolute atomic E-state index is 0.640. The summed E-state index contributed by atoms with van der Waals surface area (Å²) in [6.07, 6.45) is 6.07. The summed E-state index contributed by atoms with van der Waals surface area (Å²) in [7, 11) is 0. The molecule has 0 amide bonds. The van der Waals surface area contributed by atoms with Crippen LogP contribution in [-0.2, 0) is 6.42 Å². The predicted molar refractivity (Wildman–Crippen MR) is 145 cm³/mol. The maximum absolute atomic E-state index is 6.05. The van der Waals surface area contributed by atoms with Gasteiger partial charge in [0, 0.05) is 23.9 Å². The lowest BCUT2D eigenvalue weighted by atomic mass is 10.0. The van der Waals surface area contributed by atoms with E-state index < -0.39 is 0 Å². The second-order valence-corrected chi connectivity index (χ2v) is 8.88. The summed E-state index contributed by atoms with van der Waals surface area (Å²) in [5.74, 6) is 0.640. The van der Waals surface area contributed by atoms with Crippen LogP contribution in [0.5, 0.6) is 0 Å². The summed E-state index contributed by atoms with van der Waals surface area (Å²) < 4.78 is 6.05. The normalized spacial score (nSPS) is 14.3. The molecule has 5 aromatic rings. The third-order valence-corrected chi connectivity index (χ3v) is 6.48. The molecular weight excluding hydrogens is 428 g/mol. The molecule has 0 fully saturated rings. The van der Waals surface area contributed by atoms with Gasteiger partial charge >= 0.3 is 0 Å². The van der Waals surface area contributed by atoms with Gasteiger partial charge in [-0.3, -0.25) is 0 Å². The number of anilines is 1. The van der Waals surface area contributed by atoms with Gasteiger partial charge in [-0.15, -0.1) is 0 Å². The largest absolute Gasteiger partial charge is 0.437 e. The summed E-state index contributed by atoms with van der Waals surface area (Å²) >= 11 is 0. The number of hydrogen-bond donors (Lipinski definition) is 1. The van der Waals surface area contributed by atoms with E-state index in [2.05, 4.69) is 103 Å². The van der Waals surface area contributed by atoms with Crippen molar-refractivity contribution in [2.24, 2.45) is 0 Å². The second kappa shape index (κ2) is 9.11. The molecule has 0 bridgehead atoms. The van der Waals surface area contributed by atoms with E-state index in [-0.39, 0.29) is 0 Å². The highest BCUT2D eigenvalue weighted by Crippen LogP contribution is 2.33. The van der Waals surface area contributed by atoms with E-state index in [1.807, 2.05) is 18.2 Å². The molecule has 0 atom stereocenters. The Balaban J connectivity index is 1.25. The highest BCUT2D eigenvalue weighted by molar-refractivity contribution is 5.81. The Morgan fingerprint density at radius 3 is 2.23 bits per heavy atom. The Morgan fingerprint density at radius 1 is 0.829 bits per heavy atom. The Bertz CT molecular complexity index is 1560. The second-order valence-electron chi connectivity index (χ2n) is 8.88. The molecular formula is C32H26N2O. The first-order valence-electron chi connectivity index (χ1n) is 12.1. The van der Waals surface area contributed by atoms with Crippen molar-refractivity contribution in [1.29, 1.82) is 0 Å². The number of nitrogens with zero attached hydrogens (tertiary/aromatic N) is 1. The fourth-order valence-electron chi connectivity index (χ4n) is 4.61. The average Bonchev–Trinajstić information content (AvgIpc) is 3.51. The first kappa shape index (κ1) is 21.2. The molecule has 1 aliphatic rings. The SMILES string of the molecule is CCC(=Cc1nc2cc(-c3ccccc3)ccc2o1)C=C1Cc2ccc(-c3ccccc3)cc2N1. The van der Waals surface area contributed by atoms with Crippen molar-refractivity contribution in [3.8, 4) is 22.3 Å². The highest BCUT2D eigenvalue weighted by Gasteiger charge is 2.16. The van der Waals surface area contributed by atoms with Crippen LogP contribution in [0.25, 0.3) is 39.4 Å². The van der Waals surface area contributed by atoms with E-state index >= 15 is 0 Å². The van der Waals surface area contributed by atoms with Gasteiger partial charge in [0.05, 0.1) is 0 Å². The van der Waals surface area contributed by atoms with Gasteiger partial charge in [0.2, 0.25) is 5.89 Å². The third-order valence-electron chi connectivity index (χ3n) is 6.48. The average molecular weight is 455 g/mol. The number of hydrogen-bond acceptors (Lipinski definition) is 3. The molecule has 0 aliphatic carbocycles. The summed E-state index contributed by atoms with van der Waals surface area (Å²) in [6, 6.07) is 33.7. The molecule has 3 nitrogen and oxygen atoms in total. The minimum Gasteiger partial charge on any atom is -0.437 e. The van der Waals surface area contributed by atoms with Gasteiger partial charge < -0.3 is 9.73 Å². The van der Waals surface area contributed by atoms with Gasteiger partial charge in [0.25, 0.3) is 0 Å². The first-order chi connectivity index (χ1) is 17.2. The lowest BCUT2D eigenvalue weighted by Crippen LogP contribution is -1.93. The molecule has 0 spiro atoms. The molecule has 3 heteroatoms. The minimum atomic E-state index is 0.640. The molecule has 0 saturated heterocycles. The molecule has 35 heavy (non-hydrogen) atoms. The topological polar surface area (TPSA) is 38.1 Å². The highest BCUT2D eigenvalue weighted by atomic mass is 16.3. The van der Waals surface area contributed by atoms with Crippen molar-refractivity contribution in [2.75, 3.05) is 5.32 Å². The van der Waals surface area contributed by atoms with Crippen LogP contribution in [0.2, 0.25) is 0 Å². The number of rotatable bonds is 5. The van der Waals surface area contributed by atoms with Gasteiger partial charge in [-0.2, -0.15) is 0 Å². The van der Waals surface area contributed by atoms with Crippen LogP contribution >= 0.6 is 0 Å². The molecule has 0 radical (unpaired) electrons. The van der Waals surface area contributed by atoms with Gasteiger partial charge in [0.15, 0.2) is 5.58 Å². The smallest absolute Gasteiger partial charge is 0.220 e. The molecule has 6 rings (SSSR count). The monoisotopic (exact) mass is 454 g/mol. The van der Waals surface area contributed by atoms with E-state index in [4.69, 9.17) is 9.40 Å². The predicted octanol–water partition coefficient (Wildman–Crippen LogP) is 8.51. The van der Waals surface area contributed by atoms with Crippen molar-refractivity contribution >= 4 is 22.9 Å². The lowest BCUT2D eigenvalue weighted by Gasteiger charge is -2.05. The first-order valence-corrected chi connectivity index (χ1v) is 12.1. The van der Waals surface area contributed by atoms with Crippen LogP contribution in [0.1, 0.15) is 24.8 Å². The molecule has 4 aromatic carbocycles. The number of benzene rings is 4. The summed E-state index contributed by atoms with van der Waals surface area (Å²) in [6.45, 7) is 2.16. The maximum atomic E-state index is 6.05. The van der Waals surface area contributed by atoms with E-state index in [0.717, 1.165) is 29.5 Å². The van der Waals surface area contributed by atoms with E-state index in [1.54, 1.807) is 0 Å². The van der Waals surface area contributed by atoms with Crippen molar-refractivity contribution in [3.05, 3.63) is 126 Å². The number of nitrogens with one attached hydrogen (secondary N) is 1. The van der Waals surface area contributed by atoms with Gasteiger partial charge in [0.1, 0.15) is 5.52 Å². The fraction of sp³-hybridized carbons (Fsp3) is 0.0938. The molecule has 170 valence electrons. The van der Waals surface area contributed by atoms with Crippen LogP contribution in [0.15, 0.2) is 119 Å². The van der Waals surface area contributed by atoms with E-state index in [9.17, 15) is 0 Å². The molecule has 0 saturated carbocycles. The van der Waals surface area contributed by atoms with E-state index in [0.29, 0.717) is 5.89 Å². The summed E-state index contributed by atoms with van der Waals surface area (Å²) in [4.78, 5) is 4.75. The van der Waals surface area contributed by atoms with Crippen LogP contribution in [0.3, 0.4) is 0 Å². The third kappa shape index (κ3) is 4.41. The van der Waals surface area contributed by atoms with Gasteiger partial charge in [-0.1, -0.05) is 85.8 Å². The van der Waals surface area contributed by atoms with Crippen molar-refractivity contribution in [2.45, 2.75) is 19.8 Å². The molecule has 0 unspecified atom stereocenters. The maximum Gasteiger partial charge on any atom is 0.220 e. The lowest BCUT2D eigenvalue weighted by molar-refractivity contribution is 0.588. The molecule has 2 heterocycles. The van der Waals surface area contributed by atoms with E-state index in [1.165, 1.54) is 39.2 Å². The number of oxazole rings is 1.